The second-order valence-electron chi connectivity index (χ2n) is 5.07. The largest absolute Gasteiger partial charge is 0.478 e. The number of aromatic carboxylic acids is 1. The molecule has 0 radical (unpaired) electrons. The summed E-state index contributed by atoms with van der Waals surface area (Å²) in [6.07, 6.45) is 0. The van der Waals surface area contributed by atoms with Crippen LogP contribution in [0, 0.1) is 11.5 Å². The van der Waals surface area contributed by atoms with E-state index in [0.717, 1.165) is 0 Å². The smallest absolute Gasteiger partial charge is 0.335 e. The van der Waals surface area contributed by atoms with Gasteiger partial charge in [-0.2, -0.15) is 0 Å². The lowest BCUT2D eigenvalue weighted by Crippen LogP contribution is -2.16. The quantitative estimate of drug-likeness (QED) is 0.522. The van der Waals surface area contributed by atoms with E-state index in [1.165, 1.54) is 19.2 Å². The minimum absolute atomic E-state index is 0.0602. The van der Waals surface area contributed by atoms with Crippen LogP contribution in [0.3, 0.4) is 0 Å². The average molecular weight is 278 g/mol. The molecule has 1 N–H and O–H groups in total. The summed E-state index contributed by atoms with van der Waals surface area (Å²) in [4.78, 5) is 10.9. The van der Waals surface area contributed by atoms with Gasteiger partial charge in [-0.3, -0.25) is 0 Å². The second-order valence-corrected chi connectivity index (χ2v) is 9.82. The van der Waals surface area contributed by atoms with Gasteiger partial charge in [-0.1, -0.05) is 25.6 Å². The molecule has 0 unspecified atom stereocenters. The SMILES string of the molecule is COCOc1cc(C(=O)O)ccc1C#C[Si](C)(C)C. The van der Waals surface area contributed by atoms with E-state index in [4.69, 9.17) is 14.6 Å². The maximum atomic E-state index is 10.9. The number of carbonyl (C=O) groups is 1. The van der Waals surface area contributed by atoms with Gasteiger partial charge in [0.15, 0.2) is 6.79 Å². The molecule has 0 spiro atoms. The number of hydrogen-bond acceptors (Lipinski definition) is 3. The van der Waals surface area contributed by atoms with Crippen molar-refractivity contribution in [1.29, 1.82) is 0 Å². The third-order valence-electron chi connectivity index (χ3n) is 2.13. The Morgan fingerprint density at radius 1 is 1.37 bits per heavy atom. The van der Waals surface area contributed by atoms with Crippen molar-refractivity contribution >= 4 is 14.0 Å². The van der Waals surface area contributed by atoms with Gasteiger partial charge in [0, 0.05) is 7.11 Å². The molecule has 19 heavy (non-hydrogen) atoms. The van der Waals surface area contributed by atoms with Gasteiger partial charge in [-0.25, -0.2) is 4.79 Å². The van der Waals surface area contributed by atoms with Gasteiger partial charge in [-0.05, 0) is 18.2 Å². The fourth-order valence-electron chi connectivity index (χ4n) is 1.26. The van der Waals surface area contributed by atoms with Crippen LogP contribution in [0.1, 0.15) is 15.9 Å². The van der Waals surface area contributed by atoms with E-state index in [0.29, 0.717) is 11.3 Å². The monoisotopic (exact) mass is 278 g/mol. The van der Waals surface area contributed by atoms with Crippen LogP contribution in [0.2, 0.25) is 19.6 Å². The minimum Gasteiger partial charge on any atom is -0.478 e. The molecule has 0 aromatic heterocycles. The lowest BCUT2D eigenvalue weighted by atomic mass is 10.1. The first-order chi connectivity index (χ1) is 8.83. The molecule has 0 aliphatic rings. The topological polar surface area (TPSA) is 55.8 Å². The van der Waals surface area contributed by atoms with Gasteiger partial charge in [-0.15, -0.1) is 5.54 Å². The van der Waals surface area contributed by atoms with E-state index in [9.17, 15) is 4.79 Å². The Labute approximate surface area is 114 Å². The van der Waals surface area contributed by atoms with E-state index in [1.807, 2.05) is 0 Å². The highest BCUT2D eigenvalue weighted by Crippen LogP contribution is 2.20. The molecule has 1 aromatic carbocycles. The van der Waals surface area contributed by atoms with Crippen LogP contribution < -0.4 is 4.74 Å². The van der Waals surface area contributed by atoms with Crippen LogP contribution in [-0.4, -0.2) is 33.1 Å². The number of carboxylic acids is 1. The van der Waals surface area contributed by atoms with Crippen molar-refractivity contribution < 1.29 is 19.4 Å². The molecule has 4 nitrogen and oxygen atoms in total. The minimum atomic E-state index is -1.49. The Kier molecular flexibility index (Phi) is 5.16. The van der Waals surface area contributed by atoms with Crippen molar-refractivity contribution in [2.24, 2.45) is 0 Å². The van der Waals surface area contributed by atoms with E-state index >= 15 is 0 Å². The van der Waals surface area contributed by atoms with E-state index in [2.05, 4.69) is 31.1 Å². The van der Waals surface area contributed by atoms with Crippen LogP contribution in [0.4, 0.5) is 0 Å². The molecule has 0 aliphatic carbocycles. The van der Waals surface area contributed by atoms with Gasteiger partial charge < -0.3 is 14.6 Å². The summed E-state index contributed by atoms with van der Waals surface area (Å²) in [5.74, 6) is 2.51. The Bertz CT molecular complexity index is 520. The average Bonchev–Trinajstić information content (AvgIpc) is 2.33. The van der Waals surface area contributed by atoms with E-state index in [-0.39, 0.29) is 12.4 Å². The van der Waals surface area contributed by atoms with Crippen LogP contribution >= 0.6 is 0 Å². The predicted octanol–water partition coefficient (Wildman–Crippen LogP) is 2.60. The summed E-state index contributed by atoms with van der Waals surface area (Å²) in [7, 11) is 0.0146. The first-order valence-corrected chi connectivity index (χ1v) is 9.36. The summed E-state index contributed by atoms with van der Waals surface area (Å²) < 4.78 is 10.2. The van der Waals surface area contributed by atoms with Crippen molar-refractivity contribution in [1.82, 2.24) is 0 Å². The molecule has 5 heteroatoms. The molecule has 1 aromatic rings. The summed E-state index contributed by atoms with van der Waals surface area (Å²) in [6, 6.07) is 4.66. The number of ether oxygens (including phenoxy) is 2. The van der Waals surface area contributed by atoms with Crippen LogP contribution in [0.5, 0.6) is 5.75 Å². The molecule has 1 rings (SSSR count). The van der Waals surface area contributed by atoms with Crippen molar-refractivity contribution in [2.75, 3.05) is 13.9 Å². The fraction of sp³-hybridized carbons (Fsp3) is 0.357. The molecule has 0 fully saturated rings. The number of methoxy groups -OCH3 is 1. The summed E-state index contributed by atoms with van der Waals surface area (Å²) >= 11 is 0. The van der Waals surface area contributed by atoms with Crippen molar-refractivity contribution in [2.45, 2.75) is 19.6 Å². The van der Waals surface area contributed by atoms with Gasteiger partial charge in [0.1, 0.15) is 13.8 Å². The molecule has 0 aliphatic heterocycles. The molecule has 0 atom stereocenters. The third kappa shape index (κ3) is 5.16. The van der Waals surface area contributed by atoms with Gasteiger partial charge in [0.25, 0.3) is 0 Å². The number of benzene rings is 1. The zero-order valence-corrected chi connectivity index (χ0v) is 12.6. The summed E-state index contributed by atoms with van der Waals surface area (Å²) in [6.45, 7) is 6.48. The fourth-order valence-corrected chi connectivity index (χ4v) is 1.76. The zero-order chi connectivity index (χ0) is 14.5. The highest BCUT2D eigenvalue weighted by Gasteiger charge is 2.11. The maximum Gasteiger partial charge on any atom is 0.335 e. The standard InChI is InChI=1S/C14H18O4Si/c1-17-10-18-13-9-12(14(15)16)6-5-11(13)7-8-19(2,3)4/h5-6,9H,10H2,1-4H3,(H,15,16). The van der Waals surface area contributed by atoms with Crippen molar-refractivity contribution in [3.8, 4) is 17.2 Å². The number of hydrogen-bond donors (Lipinski definition) is 1. The molecular formula is C14H18O4Si. The Morgan fingerprint density at radius 2 is 2.05 bits per heavy atom. The van der Waals surface area contributed by atoms with Crippen molar-refractivity contribution in [3.63, 3.8) is 0 Å². The number of carboxylic acid groups (broad SMARTS) is 1. The van der Waals surface area contributed by atoms with E-state index < -0.39 is 14.0 Å². The highest BCUT2D eigenvalue weighted by molar-refractivity contribution is 6.83. The third-order valence-corrected chi connectivity index (χ3v) is 3.01. The predicted molar refractivity (Wildman–Crippen MR) is 76.1 cm³/mol. The maximum absolute atomic E-state index is 10.9. The molecule has 0 amide bonds. The molecule has 0 saturated carbocycles. The molecular weight excluding hydrogens is 260 g/mol. The van der Waals surface area contributed by atoms with Crippen LogP contribution in [0.25, 0.3) is 0 Å². The first kappa shape index (κ1) is 15.3. The molecule has 0 bridgehead atoms. The lowest BCUT2D eigenvalue weighted by Gasteiger charge is -2.09. The summed E-state index contributed by atoms with van der Waals surface area (Å²) in [5, 5.41) is 8.97. The van der Waals surface area contributed by atoms with Gasteiger partial charge in [0.2, 0.25) is 0 Å². The van der Waals surface area contributed by atoms with E-state index in [1.54, 1.807) is 6.07 Å². The van der Waals surface area contributed by atoms with Crippen LogP contribution in [0.15, 0.2) is 18.2 Å². The zero-order valence-electron chi connectivity index (χ0n) is 11.6. The summed E-state index contributed by atoms with van der Waals surface area (Å²) in [5.41, 5.74) is 4.08. The molecule has 102 valence electrons. The second kappa shape index (κ2) is 6.41. The van der Waals surface area contributed by atoms with Crippen molar-refractivity contribution in [3.05, 3.63) is 29.3 Å². The normalized spacial score (nSPS) is 10.5. The Hall–Kier alpha value is -1.77. The number of rotatable bonds is 4. The van der Waals surface area contributed by atoms with Gasteiger partial charge in [0.05, 0.1) is 11.1 Å². The van der Waals surface area contributed by atoms with Crippen LogP contribution in [-0.2, 0) is 4.74 Å². The van der Waals surface area contributed by atoms with Gasteiger partial charge >= 0.3 is 5.97 Å². The highest BCUT2D eigenvalue weighted by atomic mass is 28.3. The Balaban J connectivity index is 3.14. The lowest BCUT2D eigenvalue weighted by molar-refractivity contribution is 0.0505. The first-order valence-electron chi connectivity index (χ1n) is 5.86. The molecule has 0 saturated heterocycles. The molecule has 0 heterocycles. The Morgan fingerprint density at radius 3 is 2.58 bits per heavy atom.